The van der Waals surface area contributed by atoms with E-state index in [0.717, 1.165) is 0 Å². The number of nitrogens with zero attached hydrogens (tertiary/aromatic N) is 2. The van der Waals surface area contributed by atoms with Gasteiger partial charge in [-0.2, -0.15) is 10.5 Å². The standard InChI is InChI=1S/C9H12.C2N2/c1-8(2)9-6-4-3-5-7-9;3-1-2-4/h3-8H,1-2H3;. The van der Waals surface area contributed by atoms with Crippen molar-refractivity contribution < 1.29 is 0 Å². The molecule has 0 N–H and O–H groups in total. The number of rotatable bonds is 1. The number of hydrogen-bond acceptors (Lipinski definition) is 2. The quantitative estimate of drug-likeness (QED) is 0.653. The van der Waals surface area contributed by atoms with Gasteiger partial charge in [0.2, 0.25) is 0 Å². The highest BCUT2D eigenvalue weighted by Gasteiger charge is 1.93. The van der Waals surface area contributed by atoms with E-state index in [2.05, 4.69) is 38.1 Å². The van der Waals surface area contributed by atoms with E-state index in [9.17, 15) is 0 Å². The zero-order chi connectivity index (χ0) is 10.1. The van der Waals surface area contributed by atoms with E-state index in [1.54, 1.807) is 0 Å². The van der Waals surface area contributed by atoms with Crippen LogP contribution >= 0.6 is 0 Å². The molecular weight excluding hydrogens is 160 g/mol. The molecule has 0 aliphatic rings. The molecule has 0 aliphatic heterocycles. The van der Waals surface area contributed by atoms with Crippen molar-refractivity contribution in [3.05, 3.63) is 35.9 Å². The summed E-state index contributed by atoms with van der Waals surface area (Å²) in [5.74, 6) is 0.659. The topological polar surface area (TPSA) is 47.6 Å². The van der Waals surface area contributed by atoms with Crippen molar-refractivity contribution in [2.75, 3.05) is 0 Å². The van der Waals surface area contributed by atoms with Crippen LogP contribution in [0.3, 0.4) is 0 Å². The van der Waals surface area contributed by atoms with Gasteiger partial charge >= 0.3 is 0 Å². The van der Waals surface area contributed by atoms with E-state index in [1.807, 2.05) is 6.07 Å². The minimum atomic E-state index is 0.659. The molecule has 0 radical (unpaired) electrons. The molecule has 0 unspecified atom stereocenters. The molecule has 2 nitrogen and oxygen atoms in total. The molecule has 0 amide bonds. The Morgan fingerprint density at radius 2 is 1.46 bits per heavy atom. The largest absolute Gasteiger partial charge is 0.181 e. The normalized spacial score (nSPS) is 7.77. The van der Waals surface area contributed by atoms with Gasteiger partial charge in [0.05, 0.1) is 0 Å². The first kappa shape index (κ1) is 11.2. The Morgan fingerprint density at radius 1 is 1.00 bits per heavy atom. The first-order valence-corrected chi connectivity index (χ1v) is 4.05. The highest BCUT2D eigenvalue weighted by atomic mass is 14.3. The minimum Gasteiger partial charge on any atom is -0.181 e. The Kier molecular flexibility index (Phi) is 5.93. The first-order chi connectivity index (χ1) is 6.22. The number of nitriles is 2. The van der Waals surface area contributed by atoms with Gasteiger partial charge in [-0.15, -0.1) is 0 Å². The number of hydrogen-bond donors (Lipinski definition) is 0. The van der Waals surface area contributed by atoms with Crippen molar-refractivity contribution in [3.63, 3.8) is 0 Å². The summed E-state index contributed by atoms with van der Waals surface area (Å²) >= 11 is 0. The van der Waals surface area contributed by atoms with Gasteiger partial charge in [0.25, 0.3) is 0 Å². The van der Waals surface area contributed by atoms with E-state index in [0.29, 0.717) is 5.92 Å². The zero-order valence-corrected chi connectivity index (χ0v) is 7.86. The molecule has 13 heavy (non-hydrogen) atoms. The Morgan fingerprint density at radius 3 is 1.69 bits per heavy atom. The molecule has 0 saturated heterocycles. The van der Waals surface area contributed by atoms with Crippen LogP contribution in [0, 0.1) is 22.7 Å². The van der Waals surface area contributed by atoms with Gasteiger partial charge in [-0.1, -0.05) is 44.2 Å². The van der Waals surface area contributed by atoms with Crippen molar-refractivity contribution >= 4 is 0 Å². The Labute approximate surface area is 79.0 Å². The van der Waals surface area contributed by atoms with Crippen LogP contribution in [0.15, 0.2) is 30.3 Å². The van der Waals surface area contributed by atoms with Crippen LogP contribution < -0.4 is 0 Å². The van der Waals surface area contributed by atoms with E-state index in [-0.39, 0.29) is 0 Å². The van der Waals surface area contributed by atoms with E-state index in [1.165, 1.54) is 17.7 Å². The number of benzene rings is 1. The highest BCUT2D eigenvalue weighted by Crippen LogP contribution is 2.11. The van der Waals surface area contributed by atoms with E-state index in [4.69, 9.17) is 10.5 Å². The molecule has 2 heteroatoms. The maximum Gasteiger partial charge on any atom is 0.181 e. The predicted octanol–water partition coefficient (Wildman–Crippen LogP) is 2.84. The lowest BCUT2D eigenvalue weighted by atomic mass is 10.0. The molecule has 0 heterocycles. The van der Waals surface area contributed by atoms with Gasteiger partial charge in [-0.3, -0.25) is 0 Å². The lowest BCUT2D eigenvalue weighted by molar-refractivity contribution is 0.867. The molecule has 0 aliphatic carbocycles. The molecule has 0 atom stereocenters. The van der Waals surface area contributed by atoms with Crippen LogP contribution in [0.25, 0.3) is 0 Å². The lowest BCUT2D eigenvalue weighted by Crippen LogP contribution is -1.83. The zero-order valence-electron chi connectivity index (χ0n) is 7.86. The molecule has 66 valence electrons. The second kappa shape index (κ2) is 6.88. The highest BCUT2D eigenvalue weighted by molar-refractivity contribution is 5.17. The SMILES string of the molecule is CC(C)c1ccccc1.N#CC#N. The summed E-state index contributed by atoms with van der Waals surface area (Å²) in [4.78, 5) is 0. The third-order valence-electron chi connectivity index (χ3n) is 1.52. The van der Waals surface area contributed by atoms with Crippen LogP contribution in [-0.4, -0.2) is 0 Å². The van der Waals surface area contributed by atoms with Crippen molar-refractivity contribution in [2.45, 2.75) is 19.8 Å². The van der Waals surface area contributed by atoms with Gasteiger partial charge in [0, 0.05) is 0 Å². The van der Waals surface area contributed by atoms with Crippen molar-refractivity contribution in [1.82, 2.24) is 0 Å². The van der Waals surface area contributed by atoms with Crippen LogP contribution in [-0.2, 0) is 0 Å². The molecule has 0 bridgehead atoms. The molecule has 1 rings (SSSR count). The van der Waals surface area contributed by atoms with Gasteiger partial charge in [-0.05, 0) is 11.5 Å². The van der Waals surface area contributed by atoms with Crippen molar-refractivity contribution in [2.24, 2.45) is 0 Å². The second-order valence-electron chi connectivity index (χ2n) is 2.79. The molecule has 0 saturated carbocycles. The Balaban J connectivity index is 0.000000310. The maximum absolute atomic E-state index is 7.26. The van der Waals surface area contributed by atoms with Gasteiger partial charge in [0.1, 0.15) is 0 Å². The van der Waals surface area contributed by atoms with Crippen molar-refractivity contribution in [3.8, 4) is 12.1 Å². The molecule has 0 spiro atoms. The Bertz CT molecular complexity index is 289. The minimum absolute atomic E-state index is 0.659. The van der Waals surface area contributed by atoms with Crippen LogP contribution in [0.1, 0.15) is 25.3 Å². The van der Waals surface area contributed by atoms with Gasteiger partial charge in [-0.25, -0.2) is 0 Å². The molecule has 0 aromatic heterocycles. The monoisotopic (exact) mass is 172 g/mol. The molecule has 0 fully saturated rings. The fourth-order valence-corrected chi connectivity index (χ4v) is 0.838. The lowest BCUT2D eigenvalue weighted by Gasteiger charge is -2.01. The fourth-order valence-electron chi connectivity index (χ4n) is 0.838. The van der Waals surface area contributed by atoms with E-state index < -0.39 is 0 Å². The third kappa shape index (κ3) is 5.47. The summed E-state index contributed by atoms with van der Waals surface area (Å²) in [5.41, 5.74) is 1.41. The fraction of sp³-hybridized carbons (Fsp3) is 0.273. The average Bonchev–Trinajstić information content (AvgIpc) is 2.19. The van der Waals surface area contributed by atoms with Crippen LogP contribution in [0.2, 0.25) is 0 Å². The molecule has 1 aromatic carbocycles. The molecular formula is C11H12N2. The Hall–Kier alpha value is -1.80. The summed E-state index contributed by atoms with van der Waals surface area (Å²) in [6.07, 6.45) is 0. The predicted molar refractivity (Wildman–Crippen MR) is 51.8 cm³/mol. The van der Waals surface area contributed by atoms with Crippen LogP contribution in [0.4, 0.5) is 0 Å². The summed E-state index contributed by atoms with van der Waals surface area (Å²) in [6, 6.07) is 13.0. The van der Waals surface area contributed by atoms with Crippen molar-refractivity contribution in [1.29, 1.82) is 10.5 Å². The summed E-state index contributed by atoms with van der Waals surface area (Å²) in [6.45, 7) is 4.41. The first-order valence-electron chi connectivity index (χ1n) is 4.05. The third-order valence-corrected chi connectivity index (χ3v) is 1.52. The average molecular weight is 172 g/mol. The summed E-state index contributed by atoms with van der Waals surface area (Å²) < 4.78 is 0. The van der Waals surface area contributed by atoms with Gasteiger partial charge < -0.3 is 0 Å². The van der Waals surface area contributed by atoms with Gasteiger partial charge in [0.15, 0.2) is 12.1 Å². The summed E-state index contributed by atoms with van der Waals surface area (Å²) in [5, 5.41) is 14.5. The molecule has 1 aromatic rings. The van der Waals surface area contributed by atoms with E-state index >= 15 is 0 Å². The van der Waals surface area contributed by atoms with Crippen LogP contribution in [0.5, 0.6) is 0 Å². The smallest absolute Gasteiger partial charge is 0.181 e. The summed E-state index contributed by atoms with van der Waals surface area (Å²) in [7, 11) is 0. The second-order valence-corrected chi connectivity index (χ2v) is 2.79. The maximum atomic E-state index is 7.26.